The van der Waals surface area contributed by atoms with Crippen molar-refractivity contribution in [3.05, 3.63) is 47.8 Å². The Labute approximate surface area is 223 Å². The number of amides is 1. The molecule has 0 spiro atoms. The van der Waals surface area contributed by atoms with Crippen molar-refractivity contribution in [2.24, 2.45) is 5.92 Å². The number of benzene rings is 2. The lowest BCUT2D eigenvalue weighted by molar-refractivity contribution is -0.175. The largest absolute Gasteiger partial charge is 0.486 e. The summed E-state index contributed by atoms with van der Waals surface area (Å²) in [6.07, 6.45) is -12.8. The zero-order valence-corrected chi connectivity index (χ0v) is 21.7. The van der Waals surface area contributed by atoms with Gasteiger partial charge in [0.25, 0.3) is 10.0 Å². The molecular weight excluding hydrogens is 577 g/mol. The summed E-state index contributed by atoms with van der Waals surface area (Å²) in [5.41, 5.74) is -5.76. The van der Waals surface area contributed by atoms with Crippen LogP contribution in [-0.4, -0.2) is 57.2 Å². The summed E-state index contributed by atoms with van der Waals surface area (Å²) in [5.74, 6) is -1.87. The molecule has 1 saturated heterocycles. The predicted molar refractivity (Wildman–Crippen MR) is 126 cm³/mol. The molecule has 0 radical (unpaired) electrons. The van der Waals surface area contributed by atoms with E-state index in [9.17, 15) is 49.1 Å². The van der Waals surface area contributed by atoms with Crippen molar-refractivity contribution >= 4 is 27.5 Å². The van der Waals surface area contributed by atoms with E-state index < -0.39 is 74.3 Å². The molecule has 1 amide bonds. The number of sulfonamides is 1. The van der Waals surface area contributed by atoms with E-state index in [4.69, 9.17) is 9.47 Å². The molecule has 1 atom stereocenters. The van der Waals surface area contributed by atoms with Crippen molar-refractivity contribution in [3.8, 4) is 5.75 Å². The Hall–Kier alpha value is -3.27. The lowest BCUT2D eigenvalue weighted by Gasteiger charge is -2.40. The molecule has 220 valence electrons. The first kappa shape index (κ1) is 29.7. The number of halogens is 7. The monoisotopic (exact) mass is 600 g/mol. The number of hydrogen-bond donors (Lipinski definition) is 1. The molecule has 2 heterocycles. The van der Waals surface area contributed by atoms with Crippen LogP contribution >= 0.6 is 0 Å². The summed E-state index contributed by atoms with van der Waals surface area (Å²) in [6.45, 7) is 1.49. The van der Waals surface area contributed by atoms with Crippen molar-refractivity contribution in [1.29, 1.82) is 0 Å². The van der Waals surface area contributed by atoms with Crippen molar-refractivity contribution in [2.75, 3.05) is 29.0 Å². The Morgan fingerprint density at radius 1 is 1.07 bits per heavy atom. The van der Waals surface area contributed by atoms with E-state index in [0.29, 0.717) is 43.5 Å². The fourth-order valence-corrected chi connectivity index (χ4v) is 5.92. The number of hydrogen-bond acceptors (Lipinski definition) is 5. The molecule has 16 heteroatoms. The van der Waals surface area contributed by atoms with Gasteiger partial charge in [-0.1, -0.05) is 0 Å². The van der Waals surface area contributed by atoms with Crippen LogP contribution in [0.3, 0.4) is 0 Å². The van der Waals surface area contributed by atoms with Gasteiger partial charge in [0.1, 0.15) is 23.2 Å². The minimum Gasteiger partial charge on any atom is -0.486 e. The molecule has 2 aliphatic heterocycles. The Morgan fingerprint density at radius 3 is 2.25 bits per heavy atom. The first-order valence-corrected chi connectivity index (χ1v) is 13.2. The number of rotatable bonds is 6. The van der Waals surface area contributed by atoms with Gasteiger partial charge in [-0.15, -0.1) is 0 Å². The van der Waals surface area contributed by atoms with Crippen molar-refractivity contribution < 1.29 is 58.5 Å². The predicted octanol–water partition coefficient (Wildman–Crippen LogP) is 5.66. The van der Waals surface area contributed by atoms with E-state index in [1.165, 1.54) is 0 Å². The third kappa shape index (κ3) is 5.38. The maximum absolute atomic E-state index is 13.9. The highest BCUT2D eigenvalue weighted by atomic mass is 32.2. The molecule has 1 fully saturated rings. The Bertz CT molecular complexity index is 1410. The SMILES string of the molecule is CC(C)(N(C(=O)O)c1ccc2c(c1)N(S(=O)(=O)c1ccc(F)c(C(F)(F)F)c1)C[C@H](CC1COC1)O2)C(F)(F)F. The molecule has 0 unspecified atom stereocenters. The highest BCUT2D eigenvalue weighted by molar-refractivity contribution is 7.92. The topological polar surface area (TPSA) is 96.4 Å². The van der Waals surface area contributed by atoms with E-state index >= 15 is 0 Å². The molecule has 40 heavy (non-hydrogen) atoms. The van der Waals surface area contributed by atoms with Crippen LogP contribution in [0.25, 0.3) is 0 Å². The molecule has 2 aromatic rings. The number of carbonyl (C=O) groups is 1. The van der Waals surface area contributed by atoms with Gasteiger partial charge >= 0.3 is 18.4 Å². The minimum atomic E-state index is -5.22. The molecule has 8 nitrogen and oxygen atoms in total. The van der Waals surface area contributed by atoms with Crippen LogP contribution in [0.5, 0.6) is 5.75 Å². The number of ether oxygens (including phenoxy) is 2. The maximum Gasteiger partial charge on any atom is 0.419 e. The van der Waals surface area contributed by atoms with Crippen molar-refractivity contribution in [1.82, 2.24) is 0 Å². The summed E-state index contributed by atoms with van der Waals surface area (Å²) in [6, 6.07) is 4.02. The highest BCUT2D eigenvalue weighted by Crippen LogP contribution is 2.45. The molecular formula is C24H23F7N2O6S. The first-order chi connectivity index (χ1) is 18.3. The van der Waals surface area contributed by atoms with Crippen molar-refractivity contribution in [3.63, 3.8) is 0 Å². The molecule has 4 rings (SSSR count). The summed E-state index contributed by atoms with van der Waals surface area (Å²) < 4.78 is 134. The number of carboxylic acid groups (broad SMARTS) is 1. The van der Waals surface area contributed by atoms with E-state index in [1.807, 2.05) is 0 Å². The second-order valence-corrected chi connectivity index (χ2v) is 11.7. The van der Waals surface area contributed by atoms with Crippen LogP contribution in [-0.2, 0) is 20.9 Å². The van der Waals surface area contributed by atoms with Gasteiger partial charge in [0.2, 0.25) is 0 Å². The van der Waals surface area contributed by atoms with Gasteiger partial charge in [0, 0.05) is 5.92 Å². The third-order valence-corrected chi connectivity index (χ3v) is 8.49. The summed E-state index contributed by atoms with van der Waals surface area (Å²) in [4.78, 5) is 11.0. The van der Waals surface area contributed by atoms with Gasteiger partial charge < -0.3 is 14.6 Å². The van der Waals surface area contributed by atoms with E-state index in [2.05, 4.69) is 0 Å². The normalized spacial score (nSPS) is 18.5. The minimum absolute atomic E-state index is 0.00444. The fourth-order valence-electron chi connectivity index (χ4n) is 4.39. The molecule has 0 bridgehead atoms. The quantitative estimate of drug-likeness (QED) is 0.430. The molecule has 2 aliphatic rings. The van der Waals surface area contributed by atoms with Crippen LogP contribution in [0.4, 0.5) is 46.9 Å². The van der Waals surface area contributed by atoms with Crippen LogP contribution in [0, 0.1) is 11.7 Å². The third-order valence-electron chi connectivity index (χ3n) is 6.71. The average molecular weight is 601 g/mol. The van der Waals surface area contributed by atoms with Gasteiger partial charge in [-0.3, -0.25) is 9.21 Å². The number of anilines is 2. The van der Waals surface area contributed by atoms with Gasteiger partial charge in [0.05, 0.1) is 41.6 Å². The Balaban J connectivity index is 1.85. The summed E-state index contributed by atoms with van der Waals surface area (Å²) in [5, 5.41) is 9.65. The molecule has 1 N–H and O–H groups in total. The smallest absolute Gasteiger partial charge is 0.419 e. The van der Waals surface area contributed by atoms with E-state index in [1.54, 1.807) is 0 Å². The number of nitrogens with zero attached hydrogens (tertiary/aromatic N) is 2. The van der Waals surface area contributed by atoms with Crippen LogP contribution in [0.15, 0.2) is 41.3 Å². The maximum atomic E-state index is 13.9. The van der Waals surface area contributed by atoms with Gasteiger partial charge in [0.15, 0.2) is 0 Å². The van der Waals surface area contributed by atoms with E-state index in [0.717, 1.165) is 18.2 Å². The number of alkyl halides is 6. The molecule has 2 aromatic carbocycles. The summed E-state index contributed by atoms with van der Waals surface area (Å²) >= 11 is 0. The van der Waals surface area contributed by atoms with Crippen LogP contribution in [0.1, 0.15) is 25.8 Å². The summed E-state index contributed by atoms with van der Waals surface area (Å²) in [7, 11) is -4.89. The standard InChI is InChI=1S/C24H23F7N2O6S/c1-22(2,24(29,30)31)33(21(34)35)14-3-6-20-19(8-14)32(10-15(39-20)7-13-11-38-12-13)40(36,37)16-4-5-18(25)17(9-16)23(26,27)28/h3-6,8-9,13,15H,7,10-12H2,1-2H3,(H,34,35)/t15-/m0/s1. The first-order valence-electron chi connectivity index (χ1n) is 11.7. The zero-order valence-electron chi connectivity index (χ0n) is 20.9. The van der Waals surface area contributed by atoms with E-state index in [-0.39, 0.29) is 29.1 Å². The second kappa shape index (κ2) is 9.98. The van der Waals surface area contributed by atoms with Crippen LogP contribution in [0.2, 0.25) is 0 Å². The van der Waals surface area contributed by atoms with Crippen molar-refractivity contribution in [2.45, 2.75) is 49.2 Å². The fraction of sp³-hybridized carbons (Fsp3) is 0.458. The molecule has 0 aliphatic carbocycles. The average Bonchev–Trinajstić information content (AvgIpc) is 2.79. The molecule has 0 aromatic heterocycles. The lowest BCUT2D eigenvalue weighted by atomic mass is 9.98. The Morgan fingerprint density at radius 2 is 1.73 bits per heavy atom. The second-order valence-electron chi connectivity index (χ2n) is 9.88. The zero-order chi connectivity index (χ0) is 29.8. The van der Waals surface area contributed by atoms with Gasteiger partial charge in [-0.25, -0.2) is 17.6 Å². The Kier molecular flexibility index (Phi) is 7.41. The lowest BCUT2D eigenvalue weighted by Crippen LogP contribution is -2.57. The van der Waals surface area contributed by atoms with Gasteiger partial charge in [-0.2, -0.15) is 26.3 Å². The number of fused-ring (bicyclic) bond motifs is 1. The molecule has 0 saturated carbocycles. The van der Waals surface area contributed by atoms with Crippen LogP contribution < -0.4 is 13.9 Å². The van der Waals surface area contributed by atoms with Gasteiger partial charge in [-0.05, 0) is 56.7 Å². The highest BCUT2D eigenvalue weighted by Gasteiger charge is 2.54.